The second kappa shape index (κ2) is 4.53. The molecular weight excluding hydrogens is 242 g/mol. The van der Waals surface area contributed by atoms with Gasteiger partial charge < -0.3 is 20.2 Å². The predicted octanol–water partition coefficient (Wildman–Crippen LogP) is 3.16. The zero-order valence-electron chi connectivity index (χ0n) is 10.4. The summed E-state index contributed by atoms with van der Waals surface area (Å²) in [5.74, 6) is 0.798. The molecule has 0 aliphatic carbocycles. The Morgan fingerprint density at radius 3 is 2.63 bits per heavy atom. The molecule has 1 aromatic heterocycles. The molecule has 3 aromatic rings. The van der Waals surface area contributed by atoms with Crippen LogP contribution in [-0.2, 0) is 0 Å². The Morgan fingerprint density at radius 2 is 1.95 bits per heavy atom. The summed E-state index contributed by atoms with van der Waals surface area (Å²) in [4.78, 5) is 4.32. The summed E-state index contributed by atoms with van der Waals surface area (Å²) in [5.41, 5.74) is 8.63. The van der Waals surface area contributed by atoms with E-state index >= 15 is 0 Å². The highest BCUT2D eigenvalue weighted by Gasteiger charge is 2.08. The van der Waals surface area contributed by atoms with Crippen LogP contribution in [0.1, 0.15) is 0 Å². The zero-order chi connectivity index (χ0) is 13.2. The van der Waals surface area contributed by atoms with Crippen molar-refractivity contribution in [2.45, 2.75) is 0 Å². The van der Waals surface area contributed by atoms with Crippen LogP contribution >= 0.6 is 0 Å². The molecule has 2 aromatic carbocycles. The summed E-state index contributed by atoms with van der Waals surface area (Å²) in [6, 6.07) is 13.4. The van der Waals surface area contributed by atoms with Crippen LogP contribution < -0.4 is 15.8 Å². The maximum Gasteiger partial charge on any atom is 0.300 e. The average Bonchev–Trinajstić information content (AvgIpc) is 2.84. The summed E-state index contributed by atoms with van der Waals surface area (Å²) in [6.45, 7) is 0. The van der Waals surface area contributed by atoms with Crippen LogP contribution in [0, 0.1) is 0 Å². The van der Waals surface area contributed by atoms with E-state index < -0.39 is 0 Å². The molecule has 0 bridgehead atoms. The van der Waals surface area contributed by atoms with Gasteiger partial charge >= 0.3 is 0 Å². The Balaban J connectivity index is 1.90. The number of oxazole rings is 1. The number of hydrogen-bond acceptors (Lipinski definition) is 5. The Bertz CT molecular complexity index is 704. The molecule has 0 aliphatic heterocycles. The van der Waals surface area contributed by atoms with Gasteiger partial charge in [-0.25, -0.2) is 0 Å². The van der Waals surface area contributed by atoms with E-state index in [9.17, 15) is 0 Å². The van der Waals surface area contributed by atoms with Gasteiger partial charge in [0.05, 0.1) is 12.8 Å². The lowest BCUT2D eigenvalue weighted by Crippen LogP contribution is -1.91. The zero-order valence-corrected chi connectivity index (χ0v) is 10.4. The summed E-state index contributed by atoms with van der Waals surface area (Å²) < 4.78 is 10.7. The molecule has 0 fully saturated rings. The van der Waals surface area contributed by atoms with Crippen LogP contribution in [0.25, 0.3) is 11.1 Å². The number of aromatic nitrogens is 1. The van der Waals surface area contributed by atoms with Crippen molar-refractivity contribution in [1.82, 2.24) is 4.98 Å². The molecule has 3 N–H and O–H groups in total. The lowest BCUT2D eigenvalue weighted by atomic mass is 10.3. The minimum absolute atomic E-state index is 0.415. The minimum atomic E-state index is 0.415. The number of para-hydroxylation sites is 1. The summed E-state index contributed by atoms with van der Waals surface area (Å²) in [7, 11) is 1.63. The van der Waals surface area contributed by atoms with Crippen molar-refractivity contribution in [1.29, 1.82) is 0 Å². The van der Waals surface area contributed by atoms with Gasteiger partial charge in [0.15, 0.2) is 5.58 Å². The number of nitrogens with two attached hydrogens (primary N) is 1. The van der Waals surface area contributed by atoms with Gasteiger partial charge in [-0.3, -0.25) is 0 Å². The van der Waals surface area contributed by atoms with Crippen molar-refractivity contribution in [2.24, 2.45) is 0 Å². The first-order chi connectivity index (χ1) is 9.26. The molecule has 0 saturated heterocycles. The van der Waals surface area contributed by atoms with E-state index in [1.54, 1.807) is 13.2 Å². The molecule has 0 radical (unpaired) electrons. The maximum absolute atomic E-state index is 5.83. The van der Waals surface area contributed by atoms with Crippen LogP contribution in [0.15, 0.2) is 46.9 Å². The van der Waals surface area contributed by atoms with Crippen molar-refractivity contribution in [3.8, 4) is 5.75 Å². The molecular formula is C14H13N3O2. The van der Waals surface area contributed by atoms with Gasteiger partial charge in [0, 0.05) is 5.69 Å². The monoisotopic (exact) mass is 255 g/mol. The third-order valence-corrected chi connectivity index (χ3v) is 2.79. The Labute approximate surface area is 110 Å². The second-order valence-corrected chi connectivity index (χ2v) is 4.07. The summed E-state index contributed by atoms with van der Waals surface area (Å²) in [6.07, 6.45) is 0. The van der Waals surface area contributed by atoms with E-state index in [1.807, 2.05) is 36.4 Å². The smallest absolute Gasteiger partial charge is 0.300 e. The first-order valence-electron chi connectivity index (χ1n) is 5.82. The Morgan fingerprint density at radius 1 is 1.16 bits per heavy atom. The van der Waals surface area contributed by atoms with E-state index in [1.165, 1.54) is 0 Å². The lowest BCUT2D eigenvalue weighted by Gasteiger charge is -2.02. The Hall–Kier alpha value is -2.69. The molecule has 0 atom stereocenters. The molecule has 0 saturated carbocycles. The lowest BCUT2D eigenvalue weighted by molar-refractivity contribution is 0.415. The number of hydrogen-bond donors (Lipinski definition) is 2. The molecule has 19 heavy (non-hydrogen) atoms. The van der Waals surface area contributed by atoms with Gasteiger partial charge in [0.1, 0.15) is 11.3 Å². The number of fused-ring (bicyclic) bond motifs is 1. The van der Waals surface area contributed by atoms with E-state index in [-0.39, 0.29) is 0 Å². The van der Waals surface area contributed by atoms with Crippen LogP contribution in [0.4, 0.5) is 17.4 Å². The molecule has 0 aliphatic rings. The number of benzene rings is 2. The SMILES string of the molecule is COc1ccc(Nc2nc3c(N)cccc3o2)cc1. The highest BCUT2D eigenvalue weighted by Crippen LogP contribution is 2.26. The van der Waals surface area contributed by atoms with Crippen LogP contribution in [0.2, 0.25) is 0 Å². The first-order valence-corrected chi connectivity index (χ1v) is 5.82. The van der Waals surface area contributed by atoms with Crippen LogP contribution in [0.5, 0.6) is 5.75 Å². The molecule has 5 nitrogen and oxygen atoms in total. The molecule has 3 rings (SSSR count). The number of nitrogens with zero attached hydrogens (tertiary/aromatic N) is 1. The number of nitrogens with one attached hydrogen (secondary N) is 1. The van der Waals surface area contributed by atoms with Gasteiger partial charge in [-0.05, 0) is 36.4 Å². The molecule has 0 unspecified atom stereocenters. The quantitative estimate of drug-likeness (QED) is 0.703. The second-order valence-electron chi connectivity index (χ2n) is 4.07. The fourth-order valence-corrected chi connectivity index (χ4v) is 1.82. The number of methoxy groups -OCH3 is 1. The molecule has 1 heterocycles. The van der Waals surface area contributed by atoms with Gasteiger partial charge in [-0.1, -0.05) is 6.07 Å². The van der Waals surface area contributed by atoms with E-state index in [0.717, 1.165) is 11.4 Å². The number of rotatable bonds is 3. The third-order valence-electron chi connectivity index (χ3n) is 2.79. The predicted molar refractivity (Wildman–Crippen MR) is 74.7 cm³/mol. The topological polar surface area (TPSA) is 73.3 Å². The molecule has 0 spiro atoms. The standard InChI is InChI=1S/C14H13N3O2/c1-18-10-7-5-9(6-8-10)16-14-17-13-11(15)3-2-4-12(13)19-14/h2-8H,15H2,1H3,(H,16,17). The van der Waals surface area contributed by atoms with Crippen molar-refractivity contribution in [3.63, 3.8) is 0 Å². The average molecular weight is 255 g/mol. The normalized spacial score (nSPS) is 10.6. The van der Waals surface area contributed by atoms with Crippen molar-refractivity contribution >= 4 is 28.5 Å². The van der Waals surface area contributed by atoms with Crippen molar-refractivity contribution in [3.05, 3.63) is 42.5 Å². The van der Waals surface area contributed by atoms with E-state index in [4.69, 9.17) is 14.9 Å². The fourth-order valence-electron chi connectivity index (χ4n) is 1.82. The van der Waals surface area contributed by atoms with E-state index in [0.29, 0.717) is 22.8 Å². The molecule has 96 valence electrons. The van der Waals surface area contributed by atoms with Crippen molar-refractivity contribution < 1.29 is 9.15 Å². The van der Waals surface area contributed by atoms with Gasteiger partial charge in [0.2, 0.25) is 0 Å². The first kappa shape index (κ1) is 11.4. The van der Waals surface area contributed by atoms with Gasteiger partial charge in [-0.15, -0.1) is 0 Å². The number of anilines is 3. The molecule has 5 heteroatoms. The van der Waals surface area contributed by atoms with Crippen LogP contribution in [0.3, 0.4) is 0 Å². The summed E-state index contributed by atoms with van der Waals surface area (Å²) >= 11 is 0. The van der Waals surface area contributed by atoms with Crippen LogP contribution in [-0.4, -0.2) is 12.1 Å². The van der Waals surface area contributed by atoms with Gasteiger partial charge in [-0.2, -0.15) is 4.98 Å². The molecule has 0 amide bonds. The van der Waals surface area contributed by atoms with Crippen molar-refractivity contribution in [2.75, 3.05) is 18.2 Å². The Kier molecular flexibility index (Phi) is 2.72. The fraction of sp³-hybridized carbons (Fsp3) is 0.0714. The maximum atomic E-state index is 5.83. The van der Waals surface area contributed by atoms with E-state index in [2.05, 4.69) is 10.3 Å². The third kappa shape index (κ3) is 2.18. The minimum Gasteiger partial charge on any atom is -0.497 e. The largest absolute Gasteiger partial charge is 0.497 e. The highest BCUT2D eigenvalue weighted by atomic mass is 16.5. The number of nitrogen functional groups attached to an aromatic ring is 1. The van der Waals surface area contributed by atoms with Gasteiger partial charge in [0.25, 0.3) is 6.01 Å². The number of ether oxygens (including phenoxy) is 1. The highest BCUT2D eigenvalue weighted by molar-refractivity contribution is 5.86. The summed E-state index contributed by atoms with van der Waals surface area (Å²) in [5, 5.41) is 3.08.